The minimum absolute atomic E-state index is 0.00431. The summed E-state index contributed by atoms with van der Waals surface area (Å²) in [6.07, 6.45) is 3.96. The molecule has 34 heavy (non-hydrogen) atoms. The van der Waals surface area contributed by atoms with Crippen molar-refractivity contribution in [3.05, 3.63) is 23.3 Å². The summed E-state index contributed by atoms with van der Waals surface area (Å²) in [7, 11) is 0. The van der Waals surface area contributed by atoms with Gasteiger partial charge >= 0.3 is 11.9 Å². The van der Waals surface area contributed by atoms with E-state index in [-0.39, 0.29) is 37.6 Å². The Bertz CT molecular complexity index is 981. The smallest absolute Gasteiger partial charge is 0.329 e. The molecule has 3 N–H and O–H groups in total. The van der Waals surface area contributed by atoms with Crippen LogP contribution in [0.4, 0.5) is 0 Å². The zero-order chi connectivity index (χ0) is 25.3. The summed E-state index contributed by atoms with van der Waals surface area (Å²) in [5, 5.41) is 32.7. The maximum Gasteiger partial charge on any atom is 0.329 e. The molecule has 0 bridgehead atoms. The van der Waals surface area contributed by atoms with Crippen LogP contribution in [0.25, 0.3) is 0 Å². The first kappa shape index (κ1) is 25.0. The Labute approximate surface area is 198 Å². The zero-order valence-electron chi connectivity index (χ0n) is 20.3. The van der Waals surface area contributed by atoms with E-state index in [1.807, 2.05) is 26.8 Å². The first-order valence-electron chi connectivity index (χ1n) is 11.7. The molecule has 0 spiro atoms. The fraction of sp³-hybridized carbons (Fsp3) is 0.720. The van der Waals surface area contributed by atoms with E-state index in [1.165, 1.54) is 6.92 Å². The van der Waals surface area contributed by atoms with Crippen LogP contribution in [0.3, 0.4) is 0 Å². The number of carbonyl (C=O) groups excluding carboxylic acids is 2. The molecule has 0 radical (unpaired) electrons. The van der Waals surface area contributed by atoms with Gasteiger partial charge in [-0.2, -0.15) is 0 Å². The molecule has 0 amide bonds. The number of carbonyl (C=O) groups is 3. The number of ketones is 1. The van der Waals surface area contributed by atoms with Gasteiger partial charge in [-0.1, -0.05) is 32.9 Å². The Hall–Kier alpha value is -2.07. The highest BCUT2D eigenvalue weighted by molar-refractivity contribution is 6.04. The molecule has 4 rings (SSSR count). The van der Waals surface area contributed by atoms with Crippen molar-refractivity contribution >= 4 is 17.7 Å². The van der Waals surface area contributed by atoms with E-state index in [9.17, 15) is 24.6 Å². The third kappa shape index (κ3) is 3.39. The highest BCUT2D eigenvalue weighted by atomic mass is 16.7. The molecule has 4 aliphatic rings. The van der Waals surface area contributed by atoms with Gasteiger partial charge in [-0.15, -0.1) is 0 Å². The van der Waals surface area contributed by atoms with E-state index in [2.05, 4.69) is 0 Å². The van der Waals surface area contributed by atoms with Gasteiger partial charge in [0.05, 0.1) is 12.2 Å². The van der Waals surface area contributed by atoms with Crippen LogP contribution >= 0.6 is 0 Å². The first-order chi connectivity index (χ1) is 15.7. The fourth-order valence-corrected chi connectivity index (χ4v) is 7.21. The number of rotatable bonds is 7. The van der Waals surface area contributed by atoms with Crippen molar-refractivity contribution in [1.82, 2.24) is 0 Å². The summed E-state index contributed by atoms with van der Waals surface area (Å²) >= 11 is 0. The van der Waals surface area contributed by atoms with Crippen molar-refractivity contribution in [1.29, 1.82) is 0 Å². The number of hydrogen-bond acceptors (Lipinski definition) is 8. The van der Waals surface area contributed by atoms with Gasteiger partial charge in [0, 0.05) is 36.5 Å². The quantitative estimate of drug-likeness (QED) is 0.215. The topological polar surface area (TPSA) is 140 Å². The predicted molar refractivity (Wildman–Crippen MR) is 118 cm³/mol. The van der Waals surface area contributed by atoms with Crippen LogP contribution < -0.4 is 0 Å². The van der Waals surface area contributed by atoms with Crippen LogP contribution in [0.2, 0.25) is 0 Å². The summed E-state index contributed by atoms with van der Waals surface area (Å²) in [4.78, 5) is 35.8. The number of carboxylic acid groups (broad SMARTS) is 1. The van der Waals surface area contributed by atoms with Crippen LogP contribution in [0.15, 0.2) is 23.3 Å². The summed E-state index contributed by atoms with van der Waals surface area (Å²) in [6.45, 7) is 8.15. The SMILES string of the molecule is CC(=O)O[C@@]12C[C@@H](C)[C@@]3(O)[C@@H](C=C(COCOCC(=O)O)C[C@]4(O)C(=O)C(C)=C[C@@H]34)[C@@H]1C2(C)C. The van der Waals surface area contributed by atoms with E-state index < -0.39 is 52.4 Å². The van der Waals surface area contributed by atoms with E-state index in [1.54, 1.807) is 13.0 Å². The van der Waals surface area contributed by atoms with Gasteiger partial charge in [0.15, 0.2) is 5.78 Å². The molecule has 188 valence electrons. The van der Waals surface area contributed by atoms with Crippen molar-refractivity contribution in [2.24, 2.45) is 29.1 Å². The van der Waals surface area contributed by atoms with Crippen molar-refractivity contribution in [3.8, 4) is 0 Å². The number of hydrogen-bond donors (Lipinski definition) is 3. The molecule has 0 aliphatic heterocycles. The molecule has 2 saturated carbocycles. The summed E-state index contributed by atoms with van der Waals surface area (Å²) in [5.41, 5.74) is -3.40. The number of Topliss-reactive ketones (excluding diaryl/α,β-unsaturated/α-hetero) is 1. The minimum Gasteiger partial charge on any atom is -0.480 e. The maximum atomic E-state index is 13.1. The lowest BCUT2D eigenvalue weighted by molar-refractivity contribution is -0.186. The standard InChI is InChI=1S/C25H34O9/c1-13-6-18-23(30,21(13)29)9-16(10-32-12-33-11-19(27)28)7-17-20-22(4,5)24(20,34-15(3)26)8-14(2)25(17,18)31/h6-7,14,17-18,20,30-31H,8-12H2,1-5H3,(H,27,28)/t14-,17+,18-,20-,23-,24+,25-/m1/s1. The Morgan fingerprint density at radius 1 is 1.18 bits per heavy atom. The molecular formula is C25H34O9. The second kappa shape index (κ2) is 7.98. The number of aliphatic hydroxyl groups is 2. The molecule has 0 heterocycles. The lowest BCUT2D eigenvalue weighted by Crippen LogP contribution is -2.61. The van der Waals surface area contributed by atoms with Gasteiger partial charge in [-0.3, -0.25) is 9.59 Å². The first-order valence-corrected chi connectivity index (χ1v) is 11.7. The molecule has 2 fully saturated rings. The number of aliphatic carboxylic acids is 1. The Kier molecular flexibility index (Phi) is 5.87. The zero-order valence-corrected chi connectivity index (χ0v) is 20.3. The van der Waals surface area contributed by atoms with Crippen LogP contribution in [0.1, 0.15) is 47.5 Å². The summed E-state index contributed by atoms with van der Waals surface area (Å²) in [5.74, 6) is -3.83. The normalized spacial score (nSPS) is 41.9. The van der Waals surface area contributed by atoms with Gasteiger partial charge in [0.2, 0.25) is 0 Å². The van der Waals surface area contributed by atoms with Crippen LogP contribution in [-0.4, -0.2) is 69.9 Å². The molecule has 9 heteroatoms. The number of carboxylic acids is 1. The molecule has 0 aromatic heterocycles. The number of esters is 1. The van der Waals surface area contributed by atoms with Gasteiger partial charge in [0.25, 0.3) is 0 Å². The fourth-order valence-electron chi connectivity index (χ4n) is 7.21. The molecule has 9 nitrogen and oxygen atoms in total. The Balaban J connectivity index is 1.73. The van der Waals surface area contributed by atoms with Gasteiger partial charge < -0.3 is 29.5 Å². The Morgan fingerprint density at radius 3 is 2.47 bits per heavy atom. The van der Waals surface area contributed by atoms with Crippen molar-refractivity contribution in [3.63, 3.8) is 0 Å². The minimum atomic E-state index is -1.82. The molecule has 0 saturated heterocycles. The number of fused-ring (bicyclic) bond motifs is 5. The molecule has 0 aromatic rings. The maximum absolute atomic E-state index is 13.1. The lowest BCUT2D eigenvalue weighted by Gasteiger charge is -2.50. The predicted octanol–water partition coefficient (Wildman–Crippen LogP) is 1.61. The second-order valence-corrected chi connectivity index (χ2v) is 11.0. The molecule has 0 aromatic carbocycles. The van der Waals surface area contributed by atoms with E-state index >= 15 is 0 Å². The molecule has 0 unspecified atom stereocenters. The van der Waals surface area contributed by atoms with E-state index in [0.29, 0.717) is 17.6 Å². The van der Waals surface area contributed by atoms with E-state index in [0.717, 1.165) is 0 Å². The molecule has 4 aliphatic carbocycles. The van der Waals surface area contributed by atoms with Gasteiger partial charge in [0.1, 0.15) is 24.6 Å². The monoisotopic (exact) mass is 478 g/mol. The number of ether oxygens (including phenoxy) is 3. The van der Waals surface area contributed by atoms with Gasteiger partial charge in [-0.05, 0) is 30.4 Å². The van der Waals surface area contributed by atoms with Crippen LogP contribution in [0, 0.1) is 29.1 Å². The Morgan fingerprint density at radius 2 is 1.85 bits per heavy atom. The second-order valence-electron chi connectivity index (χ2n) is 11.0. The molecular weight excluding hydrogens is 444 g/mol. The lowest BCUT2D eigenvalue weighted by atomic mass is 9.60. The average Bonchev–Trinajstić information content (AvgIpc) is 3.11. The molecule has 7 atom stereocenters. The summed E-state index contributed by atoms with van der Waals surface area (Å²) < 4.78 is 16.3. The average molecular weight is 479 g/mol. The van der Waals surface area contributed by atoms with Gasteiger partial charge in [-0.25, -0.2) is 4.79 Å². The van der Waals surface area contributed by atoms with E-state index in [4.69, 9.17) is 19.3 Å². The van der Waals surface area contributed by atoms with Crippen LogP contribution in [-0.2, 0) is 28.6 Å². The highest BCUT2D eigenvalue weighted by Crippen LogP contribution is 2.76. The van der Waals surface area contributed by atoms with Crippen LogP contribution in [0.5, 0.6) is 0 Å². The third-order valence-electron chi connectivity index (χ3n) is 8.68. The van der Waals surface area contributed by atoms with Crippen molar-refractivity contribution in [2.75, 3.05) is 20.0 Å². The third-order valence-corrected chi connectivity index (χ3v) is 8.68. The highest BCUT2D eigenvalue weighted by Gasteiger charge is 2.83. The largest absolute Gasteiger partial charge is 0.480 e. The summed E-state index contributed by atoms with van der Waals surface area (Å²) in [6, 6.07) is 0. The van der Waals surface area contributed by atoms with Crippen molar-refractivity contribution < 1.29 is 43.9 Å². The van der Waals surface area contributed by atoms with Crippen molar-refractivity contribution in [2.45, 2.75) is 64.3 Å².